The van der Waals surface area contributed by atoms with E-state index in [1.807, 2.05) is 18.2 Å². The molecule has 0 bridgehead atoms. The number of nitrogens with zero attached hydrogens (tertiary/aromatic N) is 2. The number of nitro benzene ring substituents is 1. The van der Waals surface area contributed by atoms with Crippen LogP contribution in [0.5, 0.6) is 11.5 Å². The molecule has 0 N–H and O–H groups in total. The van der Waals surface area contributed by atoms with Crippen LogP contribution in [0.15, 0.2) is 65.1 Å². The molecule has 8 heteroatoms. The molecule has 0 saturated carbocycles. The molecule has 0 aliphatic carbocycles. The number of benzene rings is 3. The summed E-state index contributed by atoms with van der Waals surface area (Å²) in [6.07, 6.45) is 1.67. The van der Waals surface area contributed by atoms with Gasteiger partial charge in [-0.2, -0.15) is 5.26 Å². The van der Waals surface area contributed by atoms with Crippen molar-refractivity contribution < 1.29 is 14.4 Å². The molecule has 0 aromatic heterocycles. The third kappa shape index (κ3) is 5.43. The number of methoxy groups -OCH3 is 1. The molecule has 3 rings (SSSR count). The number of rotatable bonds is 7. The molecule has 6 nitrogen and oxygen atoms in total. The zero-order chi connectivity index (χ0) is 22.4. The molecule has 0 unspecified atom stereocenters. The van der Waals surface area contributed by atoms with Crippen molar-refractivity contribution in [2.24, 2.45) is 0 Å². The number of nitro groups is 1. The molecule has 0 saturated heterocycles. The van der Waals surface area contributed by atoms with E-state index in [2.05, 4.69) is 22.0 Å². The second-order valence-electron chi connectivity index (χ2n) is 6.39. The average Bonchev–Trinajstić information content (AvgIpc) is 2.77. The maximum absolute atomic E-state index is 10.8. The fourth-order valence-electron chi connectivity index (χ4n) is 2.84. The summed E-state index contributed by atoms with van der Waals surface area (Å²) in [6.45, 7) is 0.260. The zero-order valence-corrected chi connectivity index (χ0v) is 18.7. The fourth-order valence-corrected chi connectivity index (χ4v) is 3.60. The van der Waals surface area contributed by atoms with Gasteiger partial charge in [-0.25, -0.2) is 0 Å². The predicted octanol–water partition coefficient (Wildman–Crippen LogP) is 6.66. The molecule has 0 radical (unpaired) electrons. The van der Waals surface area contributed by atoms with Crippen LogP contribution in [0.4, 0.5) is 5.69 Å². The molecule has 3 aromatic carbocycles. The lowest BCUT2D eigenvalue weighted by atomic mass is 10.0. The Morgan fingerprint density at radius 2 is 1.94 bits per heavy atom. The number of hydrogen-bond acceptors (Lipinski definition) is 5. The Morgan fingerprint density at radius 1 is 1.23 bits per heavy atom. The van der Waals surface area contributed by atoms with Gasteiger partial charge in [0.25, 0.3) is 5.69 Å². The first kappa shape index (κ1) is 22.3. The van der Waals surface area contributed by atoms with E-state index in [-0.39, 0.29) is 12.3 Å². The largest absolute Gasteiger partial charge is 0.493 e. The summed E-state index contributed by atoms with van der Waals surface area (Å²) in [7, 11) is 1.53. The zero-order valence-electron chi connectivity index (χ0n) is 16.3. The van der Waals surface area contributed by atoms with Crippen LogP contribution in [0, 0.1) is 21.4 Å². The minimum atomic E-state index is -0.483. The molecule has 0 aliphatic rings. The molecule has 0 atom stereocenters. The highest BCUT2D eigenvalue weighted by molar-refractivity contribution is 9.10. The van der Waals surface area contributed by atoms with Crippen molar-refractivity contribution in [1.29, 1.82) is 5.26 Å². The van der Waals surface area contributed by atoms with E-state index in [1.54, 1.807) is 36.4 Å². The van der Waals surface area contributed by atoms with Gasteiger partial charge in [-0.15, -0.1) is 0 Å². The lowest BCUT2D eigenvalue weighted by Gasteiger charge is -2.14. The van der Waals surface area contributed by atoms with Crippen LogP contribution in [0.25, 0.3) is 11.6 Å². The Hall–Kier alpha value is -3.34. The van der Waals surface area contributed by atoms with Gasteiger partial charge in [0.1, 0.15) is 6.61 Å². The molecular formula is C23H16BrClN2O4. The lowest BCUT2D eigenvalue weighted by molar-refractivity contribution is -0.384. The van der Waals surface area contributed by atoms with Crippen LogP contribution < -0.4 is 9.47 Å². The highest BCUT2D eigenvalue weighted by atomic mass is 79.9. The Kier molecular flexibility index (Phi) is 7.29. The van der Waals surface area contributed by atoms with Gasteiger partial charge in [-0.05, 0) is 63.5 Å². The molecule has 0 spiro atoms. The van der Waals surface area contributed by atoms with E-state index in [0.29, 0.717) is 37.7 Å². The van der Waals surface area contributed by atoms with E-state index >= 15 is 0 Å². The number of allylic oxidation sites excluding steroid dienone is 1. The third-order valence-corrected chi connectivity index (χ3v) is 5.36. The summed E-state index contributed by atoms with van der Waals surface area (Å²) >= 11 is 9.69. The smallest absolute Gasteiger partial charge is 0.269 e. The second kappa shape index (κ2) is 10.1. The minimum Gasteiger partial charge on any atom is -0.493 e. The summed E-state index contributed by atoms with van der Waals surface area (Å²) < 4.78 is 12.0. The summed E-state index contributed by atoms with van der Waals surface area (Å²) in [5.74, 6) is 0.988. The first-order valence-corrected chi connectivity index (χ1v) is 10.2. The molecule has 0 heterocycles. The van der Waals surface area contributed by atoms with Gasteiger partial charge in [0.05, 0.1) is 28.1 Å². The monoisotopic (exact) mass is 498 g/mol. The number of non-ortho nitro benzene ring substituents is 1. The maximum atomic E-state index is 10.8. The van der Waals surface area contributed by atoms with Crippen molar-refractivity contribution in [2.75, 3.05) is 7.11 Å². The SMILES string of the molecule is COc1cc(/C=C(/C#N)c2ccc([N+](=O)[O-])cc2)cc(Br)c1OCc1ccccc1Cl. The molecular weight excluding hydrogens is 484 g/mol. The topological polar surface area (TPSA) is 85.4 Å². The first-order chi connectivity index (χ1) is 14.9. The maximum Gasteiger partial charge on any atom is 0.269 e. The van der Waals surface area contributed by atoms with Gasteiger partial charge in [-0.1, -0.05) is 29.8 Å². The quantitative estimate of drug-likeness (QED) is 0.157. The Bertz CT molecular complexity index is 1190. The van der Waals surface area contributed by atoms with Crippen LogP contribution in [0.2, 0.25) is 5.02 Å². The van der Waals surface area contributed by atoms with Gasteiger partial charge in [0.15, 0.2) is 11.5 Å². The highest BCUT2D eigenvalue weighted by Gasteiger charge is 2.13. The molecule has 156 valence electrons. The van der Waals surface area contributed by atoms with Crippen LogP contribution in [0.1, 0.15) is 16.7 Å². The predicted molar refractivity (Wildman–Crippen MR) is 123 cm³/mol. The fraction of sp³-hybridized carbons (Fsp3) is 0.0870. The van der Waals surface area contributed by atoms with E-state index in [4.69, 9.17) is 21.1 Å². The van der Waals surface area contributed by atoms with Gasteiger partial charge in [0.2, 0.25) is 0 Å². The Labute approximate surface area is 192 Å². The highest BCUT2D eigenvalue weighted by Crippen LogP contribution is 2.38. The van der Waals surface area contributed by atoms with Crippen LogP contribution in [-0.4, -0.2) is 12.0 Å². The summed E-state index contributed by atoms with van der Waals surface area (Å²) in [6, 6.07) is 18.9. The van der Waals surface area contributed by atoms with Crippen molar-refractivity contribution in [3.05, 3.63) is 97.0 Å². The van der Waals surface area contributed by atoms with Crippen molar-refractivity contribution in [3.63, 3.8) is 0 Å². The molecule has 0 fully saturated rings. The molecule has 3 aromatic rings. The van der Waals surface area contributed by atoms with E-state index < -0.39 is 4.92 Å². The van der Waals surface area contributed by atoms with Gasteiger partial charge in [-0.3, -0.25) is 10.1 Å². The Morgan fingerprint density at radius 3 is 2.55 bits per heavy atom. The molecule has 0 amide bonds. The second-order valence-corrected chi connectivity index (χ2v) is 7.65. The number of hydrogen-bond donors (Lipinski definition) is 0. The Balaban J connectivity index is 1.89. The van der Waals surface area contributed by atoms with E-state index in [1.165, 1.54) is 19.2 Å². The summed E-state index contributed by atoms with van der Waals surface area (Å²) in [5.41, 5.74) is 2.43. The summed E-state index contributed by atoms with van der Waals surface area (Å²) in [4.78, 5) is 10.3. The third-order valence-electron chi connectivity index (χ3n) is 4.40. The van der Waals surface area contributed by atoms with Crippen LogP contribution >= 0.6 is 27.5 Å². The normalized spacial score (nSPS) is 11.0. The standard InChI is InChI=1S/C23H16BrClN2O4/c1-30-22-12-15(10-18(13-26)16-6-8-19(9-7-16)27(28)29)11-20(24)23(22)31-14-17-4-2-3-5-21(17)25/h2-12H,14H2,1H3/b18-10-. The van der Waals surface area contributed by atoms with Crippen LogP contribution in [0.3, 0.4) is 0 Å². The number of nitriles is 1. The van der Waals surface area contributed by atoms with Gasteiger partial charge in [0, 0.05) is 22.7 Å². The van der Waals surface area contributed by atoms with Crippen LogP contribution in [-0.2, 0) is 6.61 Å². The lowest BCUT2D eigenvalue weighted by Crippen LogP contribution is -1.99. The van der Waals surface area contributed by atoms with Crippen molar-refractivity contribution in [1.82, 2.24) is 0 Å². The van der Waals surface area contributed by atoms with Crippen molar-refractivity contribution in [2.45, 2.75) is 6.61 Å². The van der Waals surface area contributed by atoms with Gasteiger partial charge < -0.3 is 9.47 Å². The first-order valence-electron chi connectivity index (χ1n) is 9.03. The molecule has 0 aliphatic heterocycles. The van der Waals surface area contributed by atoms with E-state index in [9.17, 15) is 15.4 Å². The average molecular weight is 500 g/mol. The number of ether oxygens (including phenoxy) is 2. The van der Waals surface area contributed by atoms with E-state index in [0.717, 1.165) is 5.56 Å². The minimum absolute atomic E-state index is 0.0366. The summed E-state index contributed by atoms with van der Waals surface area (Å²) in [5, 5.41) is 21.0. The van der Waals surface area contributed by atoms with Gasteiger partial charge >= 0.3 is 0 Å². The molecule has 31 heavy (non-hydrogen) atoms. The van der Waals surface area contributed by atoms with Crippen molar-refractivity contribution >= 4 is 44.9 Å². The van der Waals surface area contributed by atoms with Crippen molar-refractivity contribution in [3.8, 4) is 17.6 Å². The number of halogens is 2.